The normalized spacial score (nSPS) is 19.5. The van der Waals surface area contributed by atoms with Crippen molar-refractivity contribution in [2.24, 2.45) is 0 Å². The molecule has 0 radical (unpaired) electrons. The summed E-state index contributed by atoms with van der Waals surface area (Å²) in [7, 11) is 1.97. The first-order chi connectivity index (χ1) is 12.0. The van der Waals surface area contributed by atoms with Crippen molar-refractivity contribution in [3.63, 3.8) is 0 Å². The molecule has 2 aromatic rings. The van der Waals surface area contributed by atoms with Crippen molar-refractivity contribution in [2.75, 3.05) is 7.05 Å². The first-order valence-electron chi connectivity index (χ1n) is 8.46. The standard InChI is InChI=1S/C20H21Cl2NO2/c1-23-19-8-6-14(13-4-7-17(21)18(22)11-13)15-5-2-12(10-16(15)19)3-9-20(24)25/h2,4-5,7,10-11,14,19,23H,3,6,8-9H2,1H3,(H,24,25)/t14-,19?/m0/s1. The Bertz CT molecular complexity index is 791. The van der Waals surface area contributed by atoms with Crippen LogP contribution in [0.1, 0.15) is 53.5 Å². The lowest BCUT2D eigenvalue weighted by Crippen LogP contribution is -2.24. The average molecular weight is 378 g/mol. The lowest BCUT2D eigenvalue weighted by Gasteiger charge is -2.32. The molecule has 1 aliphatic rings. The second-order valence-electron chi connectivity index (χ2n) is 6.50. The van der Waals surface area contributed by atoms with E-state index in [0.717, 1.165) is 18.4 Å². The van der Waals surface area contributed by atoms with Gasteiger partial charge in [0.25, 0.3) is 0 Å². The second kappa shape index (κ2) is 7.77. The molecule has 132 valence electrons. The van der Waals surface area contributed by atoms with Crippen molar-refractivity contribution >= 4 is 29.2 Å². The number of aryl methyl sites for hydroxylation is 1. The van der Waals surface area contributed by atoms with Crippen LogP contribution in [-0.4, -0.2) is 18.1 Å². The van der Waals surface area contributed by atoms with Gasteiger partial charge < -0.3 is 10.4 Å². The van der Waals surface area contributed by atoms with Crippen LogP contribution in [0, 0.1) is 0 Å². The maximum atomic E-state index is 10.8. The number of nitrogens with one attached hydrogen (secondary N) is 1. The van der Waals surface area contributed by atoms with Crippen LogP contribution in [0.25, 0.3) is 0 Å². The quantitative estimate of drug-likeness (QED) is 0.752. The molecule has 3 nitrogen and oxygen atoms in total. The monoisotopic (exact) mass is 377 g/mol. The number of fused-ring (bicyclic) bond motifs is 1. The number of hydrogen-bond acceptors (Lipinski definition) is 2. The molecular weight excluding hydrogens is 357 g/mol. The van der Waals surface area contributed by atoms with Gasteiger partial charge in [0, 0.05) is 18.4 Å². The zero-order valence-corrected chi connectivity index (χ0v) is 15.6. The van der Waals surface area contributed by atoms with E-state index in [0.29, 0.717) is 22.5 Å². The predicted octanol–water partition coefficient (Wildman–Crippen LogP) is 5.20. The van der Waals surface area contributed by atoms with Gasteiger partial charge in [0.05, 0.1) is 10.0 Å². The maximum Gasteiger partial charge on any atom is 0.303 e. The Balaban J connectivity index is 1.97. The van der Waals surface area contributed by atoms with E-state index in [4.69, 9.17) is 28.3 Å². The van der Waals surface area contributed by atoms with Gasteiger partial charge in [-0.05, 0) is 60.7 Å². The van der Waals surface area contributed by atoms with Crippen LogP contribution in [0.5, 0.6) is 0 Å². The molecule has 0 fully saturated rings. The van der Waals surface area contributed by atoms with Gasteiger partial charge in [-0.3, -0.25) is 4.79 Å². The highest BCUT2D eigenvalue weighted by Crippen LogP contribution is 2.42. The number of benzene rings is 2. The molecule has 2 N–H and O–H groups in total. The minimum Gasteiger partial charge on any atom is -0.481 e. The summed E-state index contributed by atoms with van der Waals surface area (Å²) >= 11 is 12.3. The number of carboxylic acids is 1. The van der Waals surface area contributed by atoms with Gasteiger partial charge in [0.1, 0.15) is 0 Å². The molecule has 1 aliphatic carbocycles. The summed E-state index contributed by atoms with van der Waals surface area (Å²) in [5.74, 6) is -0.487. The van der Waals surface area contributed by atoms with E-state index in [2.05, 4.69) is 17.4 Å². The number of aliphatic carboxylic acids is 1. The number of rotatable bonds is 5. The van der Waals surface area contributed by atoms with E-state index in [-0.39, 0.29) is 12.3 Å². The Morgan fingerprint density at radius 1 is 1.12 bits per heavy atom. The average Bonchev–Trinajstić information content (AvgIpc) is 2.61. The van der Waals surface area contributed by atoms with Gasteiger partial charge in [-0.2, -0.15) is 0 Å². The molecule has 0 bridgehead atoms. The minimum atomic E-state index is -0.767. The first kappa shape index (κ1) is 18.2. The minimum absolute atomic E-state index is 0.152. The van der Waals surface area contributed by atoms with E-state index in [1.54, 1.807) is 0 Å². The Labute approximate surface area is 158 Å². The zero-order chi connectivity index (χ0) is 18.0. The lowest BCUT2D eigenvalue weighted by atomic mass is 9.76. The fourth-order valence-corrected chi connectivity index (χ4v) is 3.98. The van der Waals surface area contributed by atoms with Crippen LogP contribution < -0.4 is 5.32 Å². The van der Waals surface area contributed by atoms with Crippen molar-refractivity contribution in [3.05, 3.63) is 68.7 Å². The molecule has 3 rings (SSSR count). The Hall–Kier alpha value is -1.55. The van der Waals surface area contributed by atoms with E-state index in [9.17, 15) is 4.79 Å². The Morgan fingerprint density at radius 3 is 2.60 bits per heavy atom. The smallest absolute Gasteiger partial charge is 0.303 e. The van der Waals surface area contributed by atoms with E-state index in [1.165, 1.54) is 16.7 Å². The van der Waals surface area contributed by atoms with Gasteiger partial charge in [-0.15, -0.1) is 0 Å². The van der Waals surface area contributed by atoms with Crippen molar-refractivity contribution in [2.45, 2.75) is 37.6 Å². The highest BCUT2D eigenvalue weighted by Gasteiger charge is 2.28. The van der Waals surface area contributed by atoms with Gasteiger partial charge in [0.2, 0.25) is 0 Å². The molecule has 2 atom stereocenters. The largest absolute Gasteiger partial charge is 0.481 e. The van der Waals surface area contributed by atoms with E-state index in [1.807, 2.05) is 31.3 Å². The molecule has 0 aromatic heterocycles. The SMILES string of the molecule is CNC1CC[C@@H](c2ccc(Cl)c(Cl)c2)c2ccc(CCC(=O)O)cc21. The summed E-state index contributed by atoms with van der Waals surface area (Å²) in [5.41, 5.74) is 4.77. The molecule has 0 saturated heterocycles. The van der Waals surface area contributed by atoms with Gasteiger partial charge >= 0.3 is 5.97 Å². The molecule has 0 amide bonds. The van der Waals surface area contributed by atoms with Crippen LogP contribution in [0.4, 0.5) is 0 Å². The fourth-order valence-electron chi connectivity index (χ4n) is 3.67. The van der Waals surface area contributed by atoms with E-state index >= 15 is 0 Å². The molecule has 0 aliphatic heterocycles. The van der Waals surface area contributed by atoms with Crippen molar-refractivity contribution in [3.8, 4) is 0 Å². The van der Waals surface area contributed by atoms with Gasteiger partial charge in [-0.25, -0.2) is 0 Å². The van der Waals surface area contributed by atoms with Crippen LogP contribution in [-0.2, 0) is 11.2 Å². The second-order valence-corrected chi connectivity index (χ2v) is 7.32. The highest BCUT2D eigenvalue weighted by molar-refractivity contribution is 6.42. The van der Waals surface area contributed by atoms with E-state index < -0.39 is 5.97 Å². The first-order valence-corrected chi connectivity index (χ1v) is 9.22. The topological polar surface area (TPSA) is 49.3 Å². The molecule has 2 aromatic carbocycles. The van der Waals surface area contributed by atoms with Crippen molar-refractivity contribution in [1.82, 2.24) is 5.32 Å². The zero-order valence-electron chi connectivity index (χ0n) is 14.1. The maximum absolute atomic E-state index is 10.8. The fraction of sp³-hybridized carbons (Fsp3) is 0.350. The molecule has 25 heavy (non-hydrogen) atoms. The summed E-state index contributed by atoms with van der Waals surface area (Å²) in [4.78, 5) is 10.8. The van der Waals surface area contributed by atoms with Crippen molar-refractivity contribution in [1.29, 1.82) is 0 Å². The molecular formula is C20H21Cl2NO2. The third-order valence-electron chi connectivity index (χ3n) is 4.97. The van der Waals surface area contributed by atoms with Crippen LogP contribution >= 0.6 is 23.2 Å². The Morgan fingerprint density at radius 2 is 1.92 bits per heavy atom. The summed E-state index contributed by atoms with van der Waals surface area (Å²) in [6.07, 6.45) is 2.76. The molecule has 5 heteroatoms. The Kier molecular flexibility index (Phi) is 5.67. The molecule has 0 saturated carbocycles. The predicted molar refractivity (Wildman–Crippen MR) is 102 cm³/mol. The molecule has 0 spiro atoms. The van der Waals surface area contributed by atoms with Crippen LogP contribution in [0.15, 0.2) is 36.4 Å². The summed E-state index contributed by atoms with van der Waals surface area (Å²) in [6, 6.07) is 12.5. The number of halogens is 2. The number of hydrogen-bond donors (Lipinski definition) is 2. The van der Waals surface area contributed by atoms with Crippen LogP contribution in [0.3, 0.4) is 0 Å². The number of carboxylic acid groups (broad SMARTS) is 1. The highest BCUT2D eigenvalue weighted by atomic mass is 35.5. The summed E-state index contributed by atoms with van der Waals surface area (Å²) < 4.78 is 0. The third-order valence-corrected chi connectivity index (χ3v) is 5.71. The summed E-state index contributed by atoms with van der Waals surface area (Å²) in [5, 5.41) is 13.4. The summed E-state index contributed by atoms with van der Waals surface area (Å²) in [6.45, 7) is 0. The van der Waals surface area contributed by atoms with Gasteiger partial charge in [0.15, 0.2) is 0 Å². The lowest BCUT2D eigenvalue weighted by molar-refractivity contribution is -0.136. The van der Waals surface area contributed by atoms with Crippen LogP contribution in [0.2, 0.25) is 10.0 Å². The number of carbonyl (C=O) groups is 1. The molecule has 1 unspecified atom stereocenters. The molecule has 0 heterocycles. The van der Waals surface area contributed by atoms with Crippen molar-refractivity contribution < 1.29 is 9.90 Å². The van der Waals surface area contributed by atoms with Gasteiger partial charge in [-0.1, -0.05) is 47.5 Å². The third kappa shape index (κ3) is 4.00.